The zero-order valence-electron chi connectivity index (χ0n) is 17.5. The van der Waals surface area contributed by atoms with E-state index in [0.717, 1.165) is 49.8 Å². The first kappa shape index (κ1) is 19.2. The summed E-state index contributed by atoms with van der Waals surface area (Å²) in [6.07, 6.45) is 9.81. The van der Waals surface area contributed by atoms with Crippen LogP contribution >= 0.6 is 0 Å². The molecule has 1 unspecified atom stereocenters. The molecule has 2 aliphatic rings. The van der Waals surface area contributed by atoms with E-state index in [-0.39, 0.29) is 0 Å². The number of likely N-dealkylation sites (tertiary alicyclic amines) is 1. The van der Waals surface area contributed by atoms with Crippen molar-refractivity contribution in [2.24, 2.45) is 0 Å². The third-order valence-corrected chi connectivity index (χ3v) is 6.45. The summed E-state index contributed by atoms with van der Waals surface area (Å²) in [7, 11) is 0. The molecule has 2 fully saturated rings. The van der Waals surface area contributed by atoms with Crippen LogP contribution in [-0.2, 0) is 6.42 Å². The van der Waals surface area contributed by atoms with Gasteiger partial charge in [0.05, 0.1) is 11.9 Å². The van der Waals surface area contributed by atoms with Crippen molar-refractivity contribution in [3.63, 3.8) is 0 Å². The molecule has 2 saturated heterocycles. The van der Waals surface area contributed by atoms with Crippen molar-refractivity contribution in [3.05, 3.63) is 60.0 Å². The van der Waals surface area contributed by atoms with Crippen molar-refractivity contribution in [2.45, 2.75) is 38.0 Å². The van der Waals surface area contributed by atoms with Crippen molar-refractivity contribution in [1.82, 2.24) is 25.1 Å². The molecule has 0 radical (unpaired) electrons. The second kappa shape index (κ2) is 8.96. The Balaban J connectivity index is 1.30. The maximum absolute atomic E-state index is 4.89. The minimum atomic E-state index is 0.470. The molecule has 2 aromatic heterocycles. The minimum Gasteiger partial charge on any atom is -0.341 e. The number of piperidine rings is 1. The van der Waals surface area contributed by atoms with Crippen molar-refractivity contribution in [3.8, 4) is 11.3 Å². The Kier molecular flexibility index (Phi) is 5.75. The summed E-state index contributed by atoms with van der Waals surface area (Å²) >= 11 is 0. The topological polar surface area (TPSA) is 60.9 Å². The summed E-state index contributed by atoms with van der Waals surface area (Å²) < 4.78 is 0. The van der Waals surface area contributed by atoms with Crippen LogP contribution in [0.25, 0.3) is 11.3 Å². The molecule has 4 heterocycles. The number of benzene rings is 1. The summed E-state index contributed by atoms with van der Waals surface area (Å²) in [6.45, 7) is 5.48. The Hall–Kier alpha value is -2.73. The lowest BCUT2D eigenvalue weighted by atomic mass is 9.91. The zero-order valence-corrected chi connectivity index (χ0v) is 17.5. The molecule has 1 N–H and O–H groups in total. The Morgan fingerprint density at radius 1 is 1.00 bits per heavy atom. The fraction of sp³-hybridized carbons (Fsp3) is 0.458. The number of rotatable bonds is 6. The molecule has 0 spiro atoms. The number of nitrogens with one attached hydrogen (secondary N) is 1. The van der Waals surface area contributed by atoms with E-state index >= 15 is 0 Å². The molecule has 1 aromatic carbocycles. The van der Waals surface area contributed by atoms with Crippen molar-refractivity contribution >= 4 is 5.95 Å². The molecule has 0 saturated carbocycles. The number of H-pyrrole nitrogens is 1. The fourth-order valence-electron chi connectivity index (χ4n) is 4.81. The number of nitrogens with zero attached hydrogens (tertiary/aromatic N) is 5. The summed E-state index contributed by atoms with van der Waals surface area (Å²) in [5, 5.41) is 7.71. The highest BCUT2D eigenvalue weighted by molar-refractivity contribution is 5.63. The van der Waals surface area contributed by atoms with E-state index in [1.165, 1.54) is 43.5 Å². The smallest absolute Gasteiger partial charge is 0.225 e. The van der Waals surface area contributed by atoms with Gasteiger partial charge in [0.25, 0.3) is 0 Å². The van der Waals surface area contributed by atoms with Crippen LogP contribution in [0.1, 0.15) is 42.9 Å². The van der Waals surface area contributed by atoms with Crippen LogP contribution in [-0.4, -0.2) is 57.8 Å². The van der Waals surface area contributed by atoms with Crippen LogP contribution in [0.2, 0.25) is 0 Å². The molecule has 6 nitrogen and oxygen atoms in total. The molecule has 3 aromatic rings. The van der Waals surface area contributed by atoms with Crippen molar-refractivity contribution in [1.29, 1.82) is 0 Å². The molecule has 0 bridgehead atoms. The van der Waals surface area contributed by atoms with E-state index in [1.54, 1.807) is 0 Å². The van der Waals surface area contributed by atoms with Crippen LogP contribution in [0.5, 0.6) is 0 Å². The van der Waals surface area contributed by atoms with E-state index < -0.39 is 0 Å². The quantitative estimate of drug-likeness (QED) is 0.678. The van der Waals surface area contributed by atoms with Crippen LogP contribution in [0.15, 0.2) is 48.8 Å². The normalized spacial score (nSPS) is 20.0. The van der Waals surface area contributed by atoms with Crippen LogP contribution in [0.4, 0.5) is 5.95 Å². The van der Waals surface area contributed by atoms with Gasteiger partial charge < -0.3 is 9.80 Å². The predicted molar refractivity (Wildman–Crippen MR) is 120 cm³/mol. The number of aromatic nitrogens is 4. The zero-order chi connectivity index (χ0) is 20.2. The largest absolute Gasteiger partial charge is 0.341 e. The van der Waals surface area contributed by atoms with Gasteiger partial charge in [-0.2, -0.15) is 5.10 Å². The highest BCUT2D eigenvalue weighted by Gasteiger charge is 2.26. The molecule has 30 heavy (non-hydrogen) atoms. The van der Waals surface area contributed by atoms with Crippen LogP contribution in [0, 0.1) is 0 Å². The lowest BCUT2D eigenvalue weighted by molar-refractivity contribution is 0.208. The SMILES string of the molecule is c1ccc(CCN2CCCC(c3[nH]ncc3-c3ccnc(N4CCCC4)n3)C2)cc1. The van der Waals surface area contributed by atoms with Crippen molar-refractivity contribution < 1.29 is 0 Å². The first-order chi connectivity index (χ1) is 14.9. The van der Waals surface area contributed by atoms with Gasteiger partial charge in [-0.15, -0.1) is 0 Å². The molecule has 0 aliphatic carbocycles. The van der Waals surface area contributed by atoms with E-state index in [1.807, 2.05) is 18.5 Å². The highest BCUT2D eigenvalue weighted by atomic mass is 15.3. The van der Waals surface area contributed by atoms with Gasteiger partial charge in [-0.05, 0) is 50.3 Å². The highest BCUT2D eigenvalue weighted by Crippen LogP contribution is 2.33. The lowest BCUT2D eigenvalue weighted by Crippen LogP contribution is -2.36. The summed E-state index contributed by atoms with van der Waals surface area (Å²) in [5.74, 6) is 1.32. The van der Waals surface area contributed by atoms with Crippen LogP contribution in [0.3, 0.4) is 0 Å². The van der Waals surface area contributed by atoms with Gasteiger partial charge in [-0.1, -0.05) is 30.3 Å². The Labute approximate surface area is 178 Å². The second-order valence-electron chi connectivity index (χ2n) is 8.51. The van der Waals surface area contributed by atoms with Gasteiger partial charge in [0.15, 0.2) is 0 Å². The van der Waals surface area contributed by atoms with Gasteiger partial charge >= 0.3 is 0 Å². The van der Waals surface area contributed by atoms with Gasteiger partial charge in [0.2, 0.25) is 5.95 Å². The monoisotopic (exact) mass is 402 g/mol. The molecular formula is C24H30N6. The Morgan fingerprint density at radius 3 is 2.73 bits per heavy atom. The first-order valence-corrected chi connectivity index (χ1v) is 11.2. The van der Waals surface area contributed by atoms with Gasteiger partial charge in [0.1, 0.15) is 0 Å². The standard InChI is InChI=1S/C24H30N6/c1-2-7-19(8-3-1)11-16-29-13-6-9-20(18-29)23-21(17-26-28-23)22-10-12-25-24(27-22)30-14-4-5-15-30/h1-3,7-8,10,12,17,20H,4-6,9,11,13-16,18H2,(H,26,28). The summed E-state index contributed by atoms with van der Waals surface area (Å²) in [4.78, 5) is 14.3. The maximum atomic E-state index is 4.89. The van der Waals surface area contributed by atoms with Gasteiger partial charge in [-0.25, -0.2) is 9.97 Å². The van der Waals surface area contributed by atoms with Gasteiger partial charge in [0, 0.05) is 49.6 Å². The molecule has 1 atom stereocenters. The number of aromatic amines is 1. The molecule has 2 aliphatic heterocycles. The van der Waals surface area contributed by atoms with E-state index in [2.05, 4.69) is 55.3 Å². The third-order valence-electron chi connectivity index (χ3n) is 6.45. The van der Waals surface area contributed by atoms with Crippen molar-refractivity contribution in [2.75, 3.05) is 37.6 Å². The second-order valence-corrected chi connectivity index (χ2v) is 8.51. The molecule has 0 amide bonds. The van der Waals surface area contributed by atoms with Crippen LogP contribution < -0.4 is 4.90 Å². The Morgan fingerprint density at radius 2 is 1.87 bits per heavy atom. The average Bonchev–Trinajstić information content (AvgIpc) is 3.51. The maximum Gasteiger partial charge on any atom is 0.225 e. The molecule has 6 heteroatoms. The van der Waals surface area contributed by atoms with E-state index in [0.29, 0.717) is 5.92 Å². The molecule has 5 rings (SSSR count). The third kappa shape index (κ3) is 4.24. The lowest BCUT2D eigenvalue weighted by Gasteiger charge is -2.32. The van der Waals surface area contributed by atoms with Gasteiger partial charge in [-0.3, -0.25) is 5.10 Å². The van der Waals surface area contributed by atoms with E-state index in [4.69, 9.17) is 4.98 Å². The Bertz CT molecular complexity index is 947. The average molecular weight is 403 g/mol. The fourth-order valence-corrected chi connectivity index (χ4v) is 4.81. The molecular weight excluding hydrogens is 372 g/mol. The summed E-state index contributed by atoms with van der Waals surface area (Å²) in [5.41, 5.74) is 4.76. The first-order valence-electron chi connectivity index (χ1n) is 11.2. The summed E-state index contributed by atoms with van der Waals surface area (Å²) in [6, 6.07) is 12.8. The minimum absolute atomic E-state index is 0.470. The number of anilines is 1. The predicted octanol–water partition coefficient (Wildman–Crippen LogP) is 3.89. The number of hydrogen-bond donors (Lipinski definition) is 1. The number of hydrogen-bond acceptors (Lipinski definition) is 5. The van der Waals surface area contributed by atoms with E-state index in [9.17, 15) is 0 Å². The molecule has 156 valence electrons.